The number of carboxylic acids is 1. The molecule has 3 rings (SSSR count). The lowest BCUT2D eigenvalue weighted by Gasteiger charge is -2.05. The molecule has 0 fully saturated rings. The maximum Gasteiger partial charge on any atom is 0.307 e. The number of anilines is 1. The molecule has 0 atom stereocenters. The summed E-state index contributed by atoms with van der Waals surface area (Å²) < 4.78 is 15.4. The molecule has 0 bridgehead atoms. The second-order valence-corrected chi connectivity index (χ2v) is 6.94. The van der Waals surface area contributed by atoms with Crippen molar-refractivity contribution < 1.29 is 28.6 Å². The van der Waals surface area contributed by atoms with E-state index in [2.05, 4.69) is 16.6 Å². The molecule has 182 valence electrons. The number of hydrogen-bond donors (Lipinski definition) is 2. The van der Waals surface area contributed by atoms with Crippen molar-refractivity contribution in [1.29, 1.82) is 0 Å². The Balaban J connectivity index is 0.000000733. The number of aliphatic carboxylic acids is 1. The minimum Gasteiger partial charge on any atom is -0.502 e. The highest BCUT2D eigenvalue weighted by Crippen LogP contribution is 2.27. The lowest BCUT2D eigenvalue weighted by molar-refractivity contribution is -0.136. The van der Waals surface area contributed by atoms with Crippen LogP contribution in [0.25, 0.3) is 11.3 Å². The highest BCUT2D eigenvalue weighted by Gasteiger charge is 2.16. The molecule has 0 radical (unpaired) electrons. The fourth-order valence-electron chi connectivity index (χ4n) is 2.68. The van der Waals surface area contributed by atoms with Crippen LogP contribution in [0.5, 0.6) is 5.75 Å². The smallest absolute Gasteiger partial charge is 0.307 e. The Morgan fingerprint density at radius 1 is 1.03 bits per heavy atom. The molecule has 0 spiro atoms. The van der Waals surface area contributed by atoms with E-state index in [9.17, 15) is 9.59 Å². The summed E-state index contributed by atoms with van der Waals surface area (Å²) in [5.41, 5.74) is 2.54. The van der Waals surface area contributed by atoms with E-state index in [1.165, 1.54) is 0 Å². The third-order valence-corrected chi connectivity index (χ3v) is 4.45. The van der Waals surface area contributed by atoms with Crippen LogP contribution in [0.3, 0.4) is 0 Å². The van der Waals surface area contributed by atoms with Crippen LogP contribution >= 0.6 is 0 Å². The molecule has 0 aliphatic carbocycles. The summed E-state index contributed by atoms with van der Waals surface area (Å²) in [6, 6.07) is 15.8. The molecule has 1 heterocycles. The number of hydrogen-bond acceptors (Lipinski definition) is 5. The molecule has 0 saturated heterocycles. The summed E-state index contributed by atoms with van der Waals surface area (Å²) >= 11 is 0. The highest BCUT2D eigenvalue weighted by atomic mass is 16.5. The molecule has 2 aromatic carbocycles. The Labute approximate surface area is 201 Å². The summed E-state index contributed by atoms with van der Waals surface area (Å²) in [6.45, 7) is 11.0. The van der Waals surface area contributed by atoms with E-state index in [0.717, 1.165) is 17.1 Å². The number of amides is 1. The van der Waals surface area contributed by atoms with Gasteiger partial charge in [0.25, 0.3) is 5.91 Å². The molecule has 0 aliphatic rings. The molecule has 0 unspecified atom stereocenters. The summed E-state index contributed by atoms with van der Waals surface area (Å²) in [5.74, 6) is 1.42. The fraction of sp³-hybridized carbons (Fsp3) is 0.259. The van der Waals surface area contributed by atoms with Gasteiger partial charge in [-0.15, -0.1) is 0 Å². The number of ether oxygens (including phenoxy) is 2. The zero-order chi connectivity index (χ0) is 25.7. The number of furan rings is 1. The third-order valence-electron chi connectivity index (χ3n) is 4.45. The van der Waals surface area contributed by atoms with Gasteiger partial charge >= 0.3 is 5.97 Å². The Hall–Kier alpha value is -4.00. The number of aryl methyl sites for hydroxylation is 1. The predicted octanol–water partition coefficient (Wildman–Crippen LogP) is 6.34. The van der Waals surface area contributed by atoms with Crippen molar-refractivity contribution in [2.24, 2.45) is 0 Å². The van der Waals surface area contributed by atoms with E-state index in [1.807, 2.05) is 38.1 Å². The van der Waals surface area contributed by atoms with Crippen LogP contribution in [-0.2, 0) is 16.0 Å². The monoisotopic (exact) mass is 467 g/mol. The number of nitrogens with one attached hydrogen (secondary N) is 1. The zero-order valence-electron chi connectivity index (χ0n) is 20.6. The van der Waals surface area contributed by atoms with Gasteiger partial charge in [-0.1, -0.05) is 32.6 Å². The normalized spacial score (nSPS) is 9.47. The zero-order valence-corrected chi connectivity index (χ0v) is 20.6. The Morgan fingerprint density at radius 2 is 1.59 bits per heavy atom. The first kappa shape index (κ1) is 28.0. The molecule has 3 aromatic rings. The Morgan fingerprint density at radius 3 is 2.06 bits per heavy atom. The number of benzene rings is 2. The van der Waals surface area contributed by atoms with E-state index in [1.54, 1.807) is 58.4 Å². The number of allylic oxidation sites excluding steroid dienone is 1. The van der Waals surface area contributed by atoms with Gasteiger partial charge in [-0.3, -0.25) is 9.59 Å². The summed E-state index contributed by atoms with van der Waals surface area (Å²) in [4.78, 5) is 23.3. The maximum absolute atomic E-state index is 12.6. The van der Waals surface area contributed by atoms with Crippen molar-refractivity contribution in [1.82, 2.24) is 0 Å². The van der Waals surface area contributed by atoms with Gasteiger partial charge in [0.05, 0.1) is 32.0 Å². The second kappa shape index (κ2) is 14.2. The van der Waals surface area contributed by atoms with E-state index in [4.69, 9.17) is 14.3 Å². The molecule has 7 heteroatoms. The van der Waals surface area contributed by atoms with Gasteiger partial charge < -0.3 is 24.3 Å². The number of rotatable bonds is 7. The van der Waals surface area contributed by atoms with E-state index in [-0.39, 0.29) is 12.3 Å². The largest absolute Gasteiger partial charge is 0.502 e. The summed E-state index contributed by atoms with van der Waals surface area (Å²) in [5, 5.41) is 11.6. The minimum absolute atomic E-state index is 0.0553. The van der Waals surface area contributed by atoms with Gasteiger partial charge in [-0.25, -0.2) is 0 Å². The van der Waals surface area contributed by atoms with Crippen LogP contribution in [0.2, 0.25) is 0 Å². The SMILES string of the molecule is C=C(C)OC.CC.COc1ccc(-c2cc(C(=O)Nc3ccc(CC(=O)O)cc3)c(C)o2)cc1. The predicted molar refractivity (Wildman–Crippen MR) is 134 cm³/mol. The van der Waals surface area contributed by atoms with E-state index in [0.29, 0.717) is 28.3 Å². The van der Waals surface area contributed by atoms with Crippen LogP contribution in [0, 0.1) is 6.92 Å². The fourth-order valence-corrected chi connectivity index (χ4v) is 2.68. The van der Waals surface area contributed by atoms with Crippen LogP contribution in [0.4, 0.5) is 5.69 Å². The Kier molecular flexibility index (Phi) is 11.7. The second-order valence-electron chi connectivity index (χ2n) is 6.94. The summed E-state index contributed by atoms with van der Waals surface area (Å²) in [6.07, 6.45) is -0.0553. The Bertz CT molecular complexity index is 1070. The molecule has 1 aromatic heterocycles. The molecule has 1 amide bonds. The quantitative estimate of drug-likeness (QED) is 0.394. The molecular weight excluding hydrogens is 434 g/mol. The maximum atomic E-state index is 12.6. The van der Waals surface area contributed by atoms with Gasteiger partial charge in [0.1, 0.15) is 17.3 Å². The van der Waals surface area contributed by atoms with Crippen molar-refractivity contribution in [3.63, 3.8) is 0 Å². The first-order valence-electron chi connectivity index (χ1n) is 10.8. The minimum atomic E-state index is -0.896. The van der Waals surface area contributed by atoms with Gasteiger partial charge in [-0.05, 0) is 61.9 Å². The van der Waals surface area contributed by atoms with Gasteiger partial charge in [-0.2, -0.15) is 0 Å². The van der Waals surface area contributed by atoms with E-state index < -0.39 is 5.97 Å². The number of carbonyl (C=O) groups excluding carboxylic acids is 1. The van der Waals surface area contributed by atoms with Crippen molar-refractivity contribution in [2.45, 2.75) is 34.1 Å². The lowest BCUT2D eigenvalue weighted by atomic mass is 10.1. The average Bonchev–Trinajstić information content (AvgIpc) is 3.23. The molecule has 34 heavy (non-hydrogen) atoms. The van der Waals surface area contributed by atoms with Crippen molar-refractivity contribution in [2.75, 3.05) is 19.5 Å². The van der Waals surface area contributed by atoms with Crippen molar-refractivity contribution in [3.05, 3.63) is 83.8 Å². The van der Waals surface area contributed by atoms with Crippen molar-refractivity contribution in [3.8, 4) is 17.1 Å². The number of carboxylic acid groups (broad SMARTS) is 1. The van der Waals surface area contributed by atoms with Crippen LogP contribution < -0.4 is 10.1 Å². The highest BCUT2D eigenvalue weighted by molar-refractivity contribution is 6.05. The van der Waals surface area contributed by atoms with Crippen molar-refractivity contribution >= 4 is 17.6 Å². The summed E-state index contributed by atoms with van der Waals surface area (Å²) in [7, 11) is 3.20. The third kappa shape index (κ3) is 8.86. The standard InChI is InChI=1S/C21H19NO5.C4H8O.C2H6/c1-13-18(12-19(27-13)15-5-9-17(26-2)10-6-15)21(25)22-16-7-3-14(4-8-16)11-20(23)24;1-4(2)5-3;1-2/h3-10,12H,11H2,1-2H3,(H,22,25)(H,23,24);1H2,2-3H3;1-2H3. The molecular formula is C27H33NO6. The topological polar surface area (TPSA) is 98.0 Å². The lowest BCUT2D eigenvalue weighted by Crippen LogP contribution is -2.12. The molecule has 0 saturated carbocycles. The first-order valence-corrected chi connectivity index (χ1v) is 10.8. The van der Waals surface area contributed by atoms with Crippen LogP contribution in [0.15, 0.2) is 71.4 Å². The van der Waals surface area contributed by atoms with Crippen LogP contribution in [0.1, 0.15) is 42.5 Å². The van der Waals surface area contributed by atoms with Gasteiger partial charge in [0.15, 0.2) is 0 Å². The average molecular weight is 468 g/mol. The first-order chi connectivity index (χ1) is 16.2. The van der Waals surface area contributed by atoms with Gasteiger partial charge in [0.2, 0.25) is 0 Å². The van der Waals surface area contributed by atoms with Crippen LogP contribution in [-0.4, -0.2) is 31.2 Å². The number of methoxy groups -OCH3 is 2. The molecule has 2 N–H and O–H groups in total. The molecule has 7 nitrogen and oxygen atoms in total. The van der Waals surface area contributed by atoms with Gasteiger partial charge in [0, 0.05) is 11.3 Å². The van der Waals surface area contributed by atoms with E-state index >= 15 is 0 Å². The number of carbonyl (C=O) groups is 2. The molecule has 0 aliphatic heterocycles.